The molecule has 0 amide bonds. The highest BCUT2D eigenvalue weighted by molar-refractivity contribution is 5.82. The molecule has 0 unspecified atom stereocenters. The van der Waals surface area contributed by atoms with E-state index in [1.54, 1.807) is 0 Å². The van der Waals surface area contributed by atoms with Gasteiger partial charge in [0.1, 0.15) is 0 Å². The van der Waals surface area contributed by atoms with Gasteiger partial charge < -0.3 is 5.73 Å². The fourth-order valence-corrected chi connectivity index (χ4v) is 2.12. The number of hydrogen-bond donors (Lipinski definition) is 1. The molecule has 0 saturated heterocycles. The summed E-state index contributed by atoms with van der Waals surface area (Å²) in [6.45, 7) is 2.85. The summed E-state index contributed by atoms with van der Waals surface area (Å²) in [6, 6.07) is 6.61. The summed E-state index contributed by atoms with van der Waals surface area (Å²) in [5.41, 5.74) is 9.20. The van der Waals surface area contributed by atoms with E-state index in [1.807, 2.05) is 11.7 Å². The summed E-state index contributed by atoms with van der Waals surface area (Å²) >= 11 is 0. The largest absolute Gasteiger partial charge is 0.330 e. The molecule has 0 aliphatic rings. The van der Waals surface area contributed by atoms with Crippen LogP contribution in [0, 0.1) is 6.92 Å². The minimum Gasteiger partial charge on any atom is -0.330 e. The first-order valence-corrected chi connectivity index (χ1v) is 5.84. The first kappa shape index (κ1) is 11.1. The smallest absolute Gasteiger partial charge is 0.0682 e. The molecule has 0 atom stereocenters. The summed E-state index contributed by atoms with van der Waals surface area (Å²) in [5, 5.41) is 5.70. The van der Waals surface area contributed by atoms with Crippen molar-refractivity contribution < 1.29 is 0 Å². The summed E-state index contributed by atoms with van der Waals surface area (Å²) in [4.78, 5) is 0. The van der Waals surface area contributed by atoms with Crippen LogP contribution in [0.2, 0.25) is 0 Å². The zero-order chi connectivity index (χ0) is 11.5. The van der Waals surface area contributed by atoms with Gasteiger partial charge in [0.05, 0.1) is 11.2 Å². The van der Waals surface area contributed by atoms with Gasteiger partial charge in [0.2, 0.25) is 0 Å². The van der Waals surface area contributed by atoms with Crippen molar-refractivity contribution in [1.82, 2.24) is 9.78 Å². The number of aryl methyl sites for hydroxylation is 3. The molecule has 1 aromatic heterocycles. The van der Waals surface area contributed by atoms with Crippen LogP contribution >= 0.6 is 0 Å². The standard InChI is InChI=1S/C13H19N3/c1-10-12-9-11(5-3-4-8-14)6-7-13(12)16(2)15-10/h6-7,9H,3-5,8,14H2,1-2H3. The predicted octanol–water partition coefficient (Wildman–Crippen LogP) is 2.16. The SMILES string of the molecule is Cc1nn(C)c2ccc(CCCCN)cc12. The van der Waals surface area contributed by atoms with Crippen molar-refractivity contribution in [3.63, 3.8) is 0 Å². The van der Waals surface area contributed by atoms with E-state index in [0.29, 0.717) is 0 Å². The van der Waals surface area contributed by atoms with Crippen molar-refractivity contribution in [2.24, 2.45) is 12.8 Å². The number of unbranched alkanes of at least 4 members (excludes halogenated alkanes) is 1. The lowest BCUT2D eigenvalue weighted by Crippen LogP contribution is -1.98. The maximum Gasteiger partial charge on any atom is 0.0682 e. The highest BCUT2D eigenvalue weighted by atomic mass is 15.3. The highest BCUT2D eigenvalue weighted by Gasteiger charge is 2.05. The summed E-state index contributed by atoms with van der Waals surface area (Å²) in [6.07, 6.45) is 3.38. The molecule has 1 aromatic carbocycles. The monoisotopic (exact) mass is 217 g/mol. The van der Waals surface area contributed by atoms with Crippen molar-refractivity contribution >= 4 is 10.9 Å². The third-order valence-electron chi connectivity index (χ3n) is 3.02. The van der Waals surface area contributed by atoms with Crippen molar-refractivity contribution in [3.05, 3.63) is 29.5 Å². The molecule has 16 heavy (non-hydrogen) atoms. The molecule has 3 nitrogen and oxygen atoms in total. The van der Waals surface area contributed by atoms with E-state index >= 15 is 0 Å². The van der Waals surface area contributed by atoms with Crippen LogP contribution < -0.4 is 5.73 Å². The third-order valence-corrected chi connectivity index (χ3v) is 3.02. The number of benzene rings is 1. The van der Waals surface area contributed by atoms with Gasteiger partial charge in [0.25, 0.3) is 0 Å². The quantitative estimate of drug-likeness (QED) is 0.798. The molecule has 2 N–H and O–H groups in total. The minimum atomic E-state index is 0.786. The summed E-state index contributed by atoms with van der Waals surface area (Å²) in [7, 11) is 1.99. The van der Waals surface area contributed by atoms with Crippen LogP contribution in [0.15, 0.2) is 18.2 Å². The minimum absolute atomic E-state index is 0.786. The van der Waals surface area contributed by atoms with Gasteiger partial charge in [-0.3, -0.25) is 4.68 Å². The number of rotatable bonds is 4. The number of aromatic nitrogens is 2. The molecule has 0 fully saturated rings. The van der Waals surface area contributed by atoms with Gasteiger partial charge in [-0.05, 0) is 50.4 Å². The van der Waals surface area contributed by atoms with E-state index in [2.05, 4.69) is 30.2 Å². The Balaban J connectivity index is 2.25. The second kappa shape index (κ2) is 4.66. The van der Waals surface area contributed by atoms with Crippen LogP contribution in [0.5, 0.6) is 0 Å². The normalized spacial score (nSPS) is 11.2. The first-order valence-electron chi connectivity index (χ1n) is 5.84. The van der Waals surface area contributed by atoms with Gasteiger partial charge in [-0.1, -0.05) is 6.07 Å². The Morgan fingerprint density at radius 1 is 1.31 bits per heavy atom. The molecule has 3 heteroatoms. The van der Waals surface area contributed by atoms with Gasteiger partial charge in [-0.25, -0.2) is 0 Å². The van der Waals surface area contributed by atoms with Gasteiger partial charge in [-0.15, -0.1) is 0 Å². The molecule has 0 saturated carbocycles. The molecular weight excluding hydrogens is 198 g/mol. The van der Waals surface area contributed by atoms with Crippen LogP contribution in [-0.2, 0) is 13.5 Å². The Hall–Kier alpha value is -1.35. The molecule has 0 spiro atoms. The van der Waals surface area contributed by atoms with E-state index in [-0.39, 0.29) is 0 Å². The third kappa shape index (κ3) is 2.09. The summed E-state index contributed by atoms with van der Waals surface area (Å²) < 4.78 is 1.94. The molecule has 0 aliphatic carbocycles. The second-order valence-corrected chi connectivity index (χ2v) is 4.31. The van der Waals surface area contributed by atoms with E-state index in [0.717, 1.165) is 25.1 Å². The van der Waals surface area contributed by atoms with Crippen LogP contribution in [0.25, 0.3) is 10.9 Å². The molecule has 0 aliphatic heterocycles. The Bertz CT molecular complexity index is 485. The molecule has 1 heterocycles. The lowest BCUT2D eigenvalue weighted by Gasteiger charge is -2.01. The molecular formula is C13H19N3. The molecule has 2 rings (SSSR count). The van der Waals surface area contributed by atoms with Crippen molar-refractivity contribution in [3.8, 4) is 0 Å². The van der Waals surface area contributed by atoms with Crippen molar-refractivity contribution in [2.45, 2.75) is 26.2 Å². The van der Waals surface area contributed by atoms with Crippen LogP contribution in [-0.4, -0.2) is 16.3 Å². The lowest BCUT2D eigenvalue weighted by atomic mass is 10.1. The van der Waals surface area contributed by atoms with Crippen LogP contribution in [0.4, 0.5) is 0 Å². The average Bonchev–Trinajstić information content (AvgIpc) is 2.55. The number of nitrogens with two attached hydrogens (primary N) is 1. The van der Waals surface area contributed by atoms with Crippen molar-refractivity contribution in [1.29, 1.82) is 0 Å². The van der Waals surface area contributed by atoms with Gasteiger partial charge >= 0.3 is 0 Å². The van der Waals surface area contributed by atoms with E-state index in [1.165, 1.54) is 22.9 Å². The van der Waals surface area contributed by atoms with Crippen LogP contribution in [0.1, 0.15) is 24.1 Å². The molecule has 0 radical (unpaired) electrons. The Morgan fingerprint density at radius 2 is 2.12 bits per heavy atom. The topological polar surface area (TPSA) is 43.8 Å². The Labute approximate surface area is 96.2 Å². The van der Waals surface area contributed by atoms with Crippen LogP contribution in [0.3, 0.4) is 0 Å². The zero-order valence-electron chi connectivity index (χ0n) is 10.0. The predicted molar refractivity (Wildman–Crippen MR) is 67.4 cm³/mol. The summed E-state index contributed by atoms with van der Waals surface area (Å²) in [5.74, 6) is 0. The maximum absolute atomic E-state index is 5.50. The zero-order valence-corrected chi connectivity index (χ0v) is 10.0. The fourth-order valence-electron chi connectivity index (χ4n) is 2.12. The fraction of sp³-hybridized carbons (Fsp3) is 0.462. The first-order chi connectivity index (χ1) is 7.72. The second-order valence-electron chi connectivity index (χ2n) is 4.31. The molecule has 2 aromatic rings. The Morgan fingerprint density at radius 3 is 2.88 bits per heavy atom. The lowest BCUT2D eigenvalue weighted by molar-refractivity contribution is 0.745. The number of fused-ring (bicyclic) bond motifs is 1. The average molecular weight is 217 g/mol. The molecule has 86 valence electrons. The van der Waals surface area contributed by atoms with E-state index < -0.39 is 0 Å². The Kier molecular flexibility index (Phi) is 3.25. The van der Waals surface area contributed by atoms with Gasteiger partial charge in [-0.2, -0.15) is 5.10 Å². The van der Waals surface area contributed by atoms with E-state index in [4.69, 9.17) is 5.73 Å². The highest BCUT2D eigenvalue weighted by Crippen LogP contribution is 2.19. The maximum atomic E-state index is 5.50. The van der Waals surface area contributed by atoms with E-state index in [9.17, 15) is 0 Å². The number of hydrogen-bond acceptors (Lipinski definition) is 2. The molecule has 0 bridgehead atoms. The van der Waals surface area contributed by atoms with Gasteiger partial charge in [0, 0.05) is 12.4 Å². The number of nitrogens with zero attached hydrogens (tertiary/aromatic N) is 2. The van der Waals surface area contributed by atoms with Crippen molar-refractivity contribution in [2.75, 3.05) is 6.54 Å². The van der Waals surface area contributed by atoms with Gasteiger partial charge in [0.15, 0.2) is 0 Å².